The van der Waals surface area contributed by atoms with Gasteiger partial charge in [-0.25, -0.2) is 0 Å². The summed E-state index contributed by atoms with van der Waals surface area (Å²) in [7, 11) is 1.55. The topological polar surface area (TPSA) is 103 Å². The lowest BCUT2D eigenvalue weighted by Crippen LogP contribution is -2.33. The highest BCUT2D eigenvalue weighted by molar-refractivity contribution is 6.15. The summed E-state index contributed by atoms with van der Waals surface area (Å²) in [6.45, 7) is 0. The van der Waals surface area contributed by atoms with Crippen molar-refractivity contribution in [1.82, 2.24) is 0 Å². The minimum atomic E-state index is -0.976. The van der Waals surface area contributed by atoms with E-state index in [0.717, 1.165) is 27.8 Å². The number of oxime groups is 1. The molecule has 0 fully saturated rings. The van der Waals surface area contributed by atoms with E-state index >= 15 is 0 Å². The van der Waals surface area contributed by atoms with Crippen molar-refractivity contribution in [2.75, 3.05) is 7.11 Å². The summed E-state index contributed by atoms with van der Waals surface area (Å²) in [4.78, 5) is 0. The number of hydrogen-bond donors (Lipinski definition) is 4. The number of aliphatic hydroxyl groups excluding tert-OH is 1. The number of methoxy groups -OCH3 is 1. The molecule has 3 atom stereocenters. The van der Waals surface area contributed by atoms with E-state index in [0.29, 0.717) is 29.7 Å². The quantitative estimate of drug-likeness (QED) is 0.459. The number of phenols is 2. The molecule has 0 saturated carbocycles. The third-order valence-corrected chi connectivity index (χ3v) is 6.09. The summed E-state index contributed by atoms with van der Waals surface area (Å²) in [5.74, 6) is -0.105. The van der Waals surface area contributed by atoms with Gasteiger partial charge >= 0.3 is 0 Å². The third-order valence-electron chi connectivity index (χ3n) is 6.09. The van der Waals surface area contributed by atoms with Crippen LogP contribution < -0.4 is 0 Å². The average molecular weight is 365 g/mol. The lowest BCUT2D eigenvalue weighted by atomic mass is 9.74. The van der Waals surface area contributed by atoms with Gasteiger partial charge in [-0.1, -0.05) is 23.4 Å². The van der Waals surface area contributed by atoms with Gasteiger partial charge in [0, 0.05) is 24.2 Å². The number of rotatable bonds is 1. The number of aromatic hydroxyl groups is 2. The molecule has 3 aliphatic carbocycles. The zero-order valence-corrected chi connectivity index (χ0v) is 14.7. The number of phenolic OH excluding ortho intramolecular Hbond substituents is 2. The van der Waals surface area contributed by atoms with Crippen molar-refractivity contribution in [3.05, 3.63) is 58.1 Å². The number of allylic oxidation sites excluding steroid dienone is 1. The SMILES string of the molecule is COC1C(O)c2c(O)cccc2C2=C3CCC(=NO)c4c(O)ccc(c43)C21. The van der Waals surface area contributed by atoms with E-state index in [9.17, 15) is 20.5 Å². The molecule has 138 valence electrons. The number of aliphatic hydroxyl groups is 1. The van der Waals surface area contributed by atoms with Gasteiger partial charge in [0.15, 0.2) is 0 Å². The second kappa shape index (κ2) is 5.58. The Morgan fingerprint density at radius 1 is 1.04 bits per heavy atom. The maximum atomic E-state index is 11.0. The van der Waals surface area contributed by atoms with Crippen molar-refractivity contribution < 1.29 is 25.3 Å². The van der Waals surface area contributed by atoms with Crippen LogP contribution in [-0.2, 0) is 4.74 Å². The van der Waals surface area contributed by atoms with Crippen molar-refractivity contribution in [2.24, 2.45) is 5.16 Å². The van der Waals surface area contributed by atoms with Gasteiger partial charge in [-0.15, -0.1) is 0 Å². The molecule has 3 unspecified atom stereocenters. The summed E-state index contributed by atoms with van der Waals surface area (Å²) in [6.07, 6.45) is -0.394. The van der Waals surface area contributed by atoms with E-state index in [4.69, 9.17) is 4.74 Å². The zero-order chi connectivity index (χ0) is 18.9. The molecule has 0 aromatic heterocycles. The van der Waals surface area contributed by atoms with E-state index in [1.807, 2.05) is 12.1 Å². The average Bonchev–Trinajstić information content (AvgIpc) is 3.00. The van der Waals surface area contributed by atoms with Crippen LogP contribution >= 0.6 is 0 Å². The molecule has 4 N–H and O–H groups in total. The van der Waals surface area contributed by atoms with Crippen molar-refractivity contribution >= 4 is 16.9 Å². The van der Waals surface area contributed by atoms with Crippen LogP contribution in [-0.4, -0.2) is 39.5 Å². The number of hydrogen-bond acceptors (Lipinski definition) is 6. The predicted molar refractivity (Wildman–Crippen MR) is 99.1 cm³/mol. The van der Waals surface area contributed by atoms with Crippen LogP contribution in [0.5, 0.6) is 11.5 Å². The fraction of sp³-hybridized carbons (Fsp3) is 0.286. The lowest BCUT2D eigenvalue weighted by molar-refractivity contribution is -0.0234. The molecular formula is C21H19NO5. The van der Waals surface area contributed by atoms with Gasteiger partial charge in [0.05, 0.1) is 11.8 Å². The van der Waals surface area contributed by atoms with Crippen molar-refractivity contribution in [1.29, 1.82) is 0 Å². The predicted octanol–water partition coefficient (Wildman–Crippen LogP) is 3.14. The zero-order valence-electron chi connectivity index (χ0n) is 14.7. The van der Waals surface area contributed by atoms with Crippen LogP contribution in [0, 0.1) is 0 Å². The molecule has 2 aromatic rings. The first-order valence-corrected chi connectivity index (χ1v) is 8.92. The molecule has 0 amide bonds. The largest absolute Gasteiger partial charge is 0.508 e. The Kier molecular flexibility index (Phi) is 3.38. The van der Waals surface area contributed by atoms with Gasteiger partial charge in [0.2, 0.25) is 0 Å². The fourth-order valence-electron chi connectivity index (χ4n) is 5.07. The maximum Gasteiger partial charge on any atom is 0.125 e. The Morgan fingerprint density at radius 3 is 2.59 bits per heavy atom. The van der Waals surface area contributed by atoms with E-state index in [-0.39, 0.29) is 17.4 Å². The fourth-order valence-corrected chi connectivity index (χ4v) is 5.07. The number of benzene rings is 2. The van der Waals surface area contributed by atoms with E-state index in [2.05, 4.69) is 5.16 Å². The Hall–Kier alpha value is -2.83. The molecule has 0 bridgehead atoms. The van der Waals surface area contributed by atoms with Crippen LogP contribution in [0.25, 0.3) is 11.1 Å². The normalized spacial score (nSPS) is 26.7. The molecule has 6 nitrogen and oxygen atoms in total. The van der Waals surface area contributed by atoms with Gasteiger partial charge in [-0.2, -0.15) is 0 Å². The van der Waals surface area contributed by atoms with Crippen molar-refractivity contribution in [3.63, 3.8) is 0 Å². The second-order valence-electron chi connectivity index (χ2n) is 7.22. The van der Waals surface area contributed by atoms with Crippen LogP contribution in [0.4, 0.5) is 0 Å². The summed E-state index contributed by atoms with van der Waals surface area (Å²) < 4.78 is 5.69. The Balaban J connectivity index is 1.89. The molecule has 27 heavy (non-hydrogen) atoms. The molecule has 0 saturated heterocycles. The molecular weight excluding hydrogens is 346 g/mol. The highest BCUT2D eigenvalue weighted by Crippen LogP contribution is 2.60. The van der Waals surface area contributed by atoms with Crippen LogP contribution in [0.2, 0.25) is 0 Å². The summed E-state index contributed by atoms with van der Waals surface area (Å²) in [5, 5.41) is 44.6. The van der Waals surface area contributed by atoms with Gasteiger partial charge in [0.25, 0.3) is 0 Å². The van der Waals surface area contributed by atoms with E-state index in [1.54, 1.807) is 25.3 Å². The maximum absolute atomic E-state index is 11.0. The van der Waals surface area contributed by atoms with Gasteiger partial charge in [-0.3, -0.25) is 0 Å². The van der Waals surface area contributed by atoms with E-state index < -0.39 is 12.2 Å². The first kappa shape index (κ1) is 16.4. The number of nitrogens with zero attached hydrogens (tertiary/aromatic N) is 1. The molecule has 3 aliphatic rings. The first-order chi connectivity index (χ1) is 13.1. The molecule has 0 radical (unpaired) electrons. The summed E-state index contributed by atoms with van der Waals surface area (Å²) >= 11 is 0. The van der Waals surface area contributed by atoms with Crippen LogP contribution in [0.15, 0.2) is 35.5 Å². The van der Waals surface area contributed by atoms with Gasteiger partial charge < -0.3 is 25.3 Å². The summed E-state index contributed by atoms with van der Waals surface area (Å²) in [5.41, 5.74) is 6.14. The molecule has 5 rings (SSSR count). The van der Waals surface area contributed by atoms with Gasteiger partial charge in [-0.05, 0) is 52.8 Å². The van der Waals surface area contributed by atoms with Crippen LogP contribution in [0.1, 0.15) is 52.7 Å². The Morgan fingerprint density at radius 2 is 1.85 bits per heavy atom. The lowest BCUT2D eigenvalue weighted by Gasteiger charge is -2.37. The van der Waals surface area contributed by atoms with Gasteiger partial charge in [0.1, 0.15) is 17.6 Å². The smallest absolute Gasteiger partial charge is 0.125 e. The molecule has 2 aromatic carbocycles. The molecule has 0 heterocycles. The minimum absolute atomic E-state index is 0.0426. The summed E-state index contributed by atoms with van der Waals surface area (Å²) in [6, 6.07) is 8.68. The minimum Gasteiger partial charge on any atom is -0.508 e. The molecule has 0 aliphatic heterocycles. The third kappa shape index (κ3) is 1.94. The van der Waals surface area contributed by atoms with E-state index in [1.165, 1.54) is 0 Å². The van der Waals surface area contributed by atoms with Crippen LogP contribution in [0.3, 0.4) is 0 Å². The first-order valence-electron chi connectivity index (χ1n) is 8.92. The molecule has 0 spiro atoms. The van der Waals surface area contributed by atoms with Crippen molar-refractivity contribution in [3.8, 4) is 11.5 Å². The Bertz CT molecular complexity index is 1040. The highest BCUT2D eigenvalue weighted by atomic mass is 16.5. The number of ether oxygens (including phenoxy) is 1. The Labute approximate surface area is 155 Å². The second-order valence-corrected chi connectivity index (χ2v) is 7.22. The monoisotopic (exact) mass is 365 g/mol. The standard InChI is InChI=1S/C21H19NO5/c1-27-21-18-11-6-8-14(24)19-12(22-26)7-5-10(16(11)19)15(18)9-3-2-4-13(23)17(9)20(21)25/h2-4,6,8,18,20-21,23-26H,5,7H2,1H3. The highest BCUT2D eigenvalue weighted by Gasteiger charge is 2.48. The van der Waals surface area contributed by atoms with Crippen molar-refractivity contribution in [2.45, 2.75) is 31.0 Å². The number of fused-ring (bicyclic) bond motifs is 4. The molecule has 6 heteroatoms.